The van der Waals surface area contributed by atoms with Crippen molar-refractivity contribution in [2.45, 2.75) is 38.1 Å². The van der Waals surface area contributed by atoms with E-state index >= 15 is 0 Å². The van der Waals surface area contributed by atoms with Gasteiger partial charge in [-0.1, -0.05) is 0 Å². The number of hydrogen-bond acceptors (Lipinski definition) is 4. The molecule has 3 aliphatic heterocycles. The van der Waals surface area contributed by atoms with Crippen LogP contribution in [0.5, 0.6) is 0 Å². The van der Waals surface area contributed by atoms with Gasteiger partial charge in [0.1, 0.15) is 5.82 Å². The Morgan fingerprint density at radius 2 is 1.59 bits per heavy atom. The van der Waals surface area contributed by atoms with Gasteiger partial charge >= 0.3 is 0 Å². The van der Waals surface area contributed by atoms with E-state index in [0.29, 0.717) is 18.8 Å². The molecular formula is C20H24FN3O3. The van der Waals surface area contributed by atoms with Crippen molar-refractivity contribution in [3.63, 3.8) is 0 Å². The van der Waals surface area contributed by atoms with Crippen LogP contribution in [0, 0.1) is 11.7 Å². The lowest BCUT2D eigenvalue weighted by atomic mass is 9.94. The van der Waals surface area contributed by atoms with Gasteiger partial charge in [-0.3, -0.25) is 19.3 Å². The number of carbonyl (C=O) groups is 3. The average Bonchev–Trinajstić information content (AvgIpc) is 3.31. The number of amides is 3. The first kappa shape index (κ1) is 18.1. The second-order valence-electron chi connectivity index (χ2n) is 7.61. The Morgan fingerprint density at radius 3 is 2.22 bits per heavy atom. The van der Waals surface area contributed by atoms with Crippen LogP contribution in [0.3, 0.4) is 0 Å². The fraction of sp³-hybridized carbons (Fsp3) is 0.550. The molecule has 3 amide bonds. The van der Waals surface area contributed by atoms with Crippen LogP contribution < -0.4 is 4.90 Å². The van der Waals surface area contributed by atoms with Gasteiger partial charge in [0, 0.05) is 19.0 Å². The van der Waals surface area contributed by atoms with Gasteiger partial charge < -0.3 is 4.90 Å². The lowest BCUT2D eigenvalue weighted by Gasteiger charge is -2.35. The Labute approximate surface area is 157 Å². The molecule has 3 saturated heterocycles. The van der Waals surface area contributed by atoms with Gasteiger partial charge in [-0.15, -0.1) is 0 Å². The minimum Gasteiger partial charge on any atom is -0.342 e. The first-order chi connectivity index (χ1) is 13.0. The molecule has 0 aromatic heterocycles. The maximum atomic E-state index is 13.1. The molecule has 0 N–H and O–H groups in total. The first-order valence-corrected chi connectivity index (χ1v) is 9.70. The van der Waals surface area contributed by atoms with Crippen molar-refractivity contribution in [2.75, 3.05) is 31.1 Å². The molecule has 1 aromatic carbocycles. The summed E-state index contributed by atoms with van der Waals surface area (Å²) in [4.78, 5) is 42.9. The Morgan fingerprint density at radius 1 is 0.963 bits per heavy atom. The number of halogens is 1. The molecule has 3 heterocycles. The normalized spacial score (nSPS) is 24.9. The summed E-state index contributed by atoms with van der Waals surface area (Å²) in [6.07, 6.45) is 3.76. The van der Waals surface area contributed by atoms with E-state index in [1.54, 1.807) is 0 Å². The van der Waals surface area contributed by atoms with E-state index in [-0.39, 0.29) is 30.1 Å². The van der Waals surface area contributed by atoms with E-state index in [1.165, 1.54) is 24.3 Å². The van der Waals surface area contributed by atoms with Crippen molar-refractivity contribution in [2.24, 2.45) is 5.92 Å². The molecule has 0 aliphatic carbocycles. The summed E-state index contributed by atoms with van der Waals surface area (Å²) in [6, 6.07) is 4.92. The highest BCUT2D eigenvalue weighted by Gasteiger charge is 2.44. The summed E-state index contributed by atoms with van der Waals surface area (Å²) in [5.74, 6) is -0.643. The summed E-state index contributed by atoms with van der Waals surface area (Å²) < 4.78 is 13.1. The van der Waals surface area contributed by atoms with E-state index in [2.05, 4.69) is 0 Å². The SMILES string of the molecule is O=C(C1CCN(C2CC(=O)N(c3ccc(F)cc3)C2=O)CC1)N1CCCC1. The van der Waals surface area contributed by atoms with Crippen molar-refractivity contribution < 1.29 is 18.8 Å². The second-order valence-corrected chi connectivity index (χ2v) is 7.61. The maximum absolute atomic E-state index is 13.1. The minimum absolute atomic E-state index is 0.0276. The number of anilines is 1. The van der Waals surface area contributed by atoms with Crippen LogP contribution in [0.1, 0.15) is 32.1 Å². The number of likely N-dealkylation sites (tertiary alicyclic amines) is 2. The highest BCUT2D eigenvalue weighted by molar-refractivity contribution is 6.22. The molecule has 0 saturated carbocycles. The predicted octanol–water partition coefficient (Wildman–Crippen LogP) is 1.79. The van der Waals surface area contributed by atoms with Gasteiger partial charge in [0.2, 0.25) is 11.8 Å². The molecule has 0 radical (unpaired) electrons. The van der Waals surface area contributed by atoms with E-state index in [4.69, 9.17) is 0 Å². The van der Waals surface area contributed by atoms with Gasteiger partial charge in [-0.05, 0) is 63.0 Å². The van der Waals surface area contributed by atoms with Gasteiger partial charge in [0.15, 0.2) is 0 Å². The molecule has 144 valence electrons. The number of nitrogens with zero attached hydrogens (tertiary/aromatic N) is 3. The molecule has 1 aromatic rings. The Kier molecular flexibility index (Phi) is 4.95. The maximum Gasteiger partial charge on any atom is 0.251 e. The largest absolute Gasteiger partial charge is 0.342 e. The second kappa shape index (κ2) is 7.38. The van der Waals surface area contributed by atoms with Crippen molar-refractivity contribution in [1.82, 2.24) is 9.80 Å². The molecular weight excluding hydrogens is 349 g/mol. The molecule has 1 unspecified atom stereocenters. The van der Waals surface area contributed by atoms with Gasteiger partial charge in [0.25, 0.3) is 5.91 Å². The lowest BCUT2D eigenvalue weighted by molar-refractivity contribution is -0.136. The molecule has 3 fully saturated rings. The zero-order chi connectivity index (χ0) is 19.0. The van der Waals surface area contributed by atoms with Gasteiger partial charge in [-0.2, -0.15) is 0 Å². The Balaban J connectivity index is 1.38. The van der Waals surface area contributed by atoms with E-state index in [0.717, 1.165) is 43.7 Å². The minimum atomic E-state index is -0.481. The summed E-state index contributed by atoms with van der Waals surface area (Å²) in [7, 11) is 0. The summed E-state index contributed by atoms with van der Waals surface area (Å²) in [5.41, 5.74) is 0.410. The highest BCUT2D eigenvalue weighted by atomic mass is 19.1. The third-order valence-electron chi connectivity index (χ3n) is 5.94. The van der Waals surface area contributed by atoms with Crippen LogP contribution in [0.15, 0.2) is 24.3 Å². The molecule has 27 heavy (non-hydrogen) atoms. The van der Waals surface area contributed by atoms with Crippen molar-refractivity contribution >= 4 is 23.4 Å². The van der Waals surface area contributed by atoms with Crippen LogP contribution in [-0.4, -0.2) is 59.7 Å². The molecule has 0 bridgehead atoms. The average molecular weight is 373 g/mol. The number of imide groups is 1. The molecule has 6 nitrogen and oxygen atoms in total. The van der Waals surface area contributed by atoms with Crippen LogP contribution in [0.4, 0.5) is 10.1 Å². The smallest absolute Gasteiger partial charge is 0.251 e. The Bertz CT molecular complexity index is 737. The fourth-order valence-corrected chi connectivity index (χ4v) is 4.42. The zero-order valence-corrected chi connectivity index (χ0v) is 15.3. The summed E-state index contributed by atoms with van der Waals surface area (Å²) in [6.45, 7) is 3.01. The molecule has 0 spiro atoms. The monoisotopic (exact) mass is 373 g/mol. The number of rotatable bonds is 3. The third kappa shape index (κ3) is 3.48. The Hall–Kier alpha value is -2.28. The third-order valence-corrected chi connectivity index (χ3v) is 5.94. The first-order valence-electron chi connectivity index (χ1n) is 9.70. The van der Waals surface area contributed by atoms with E-state index < -0.39 is 11.9 Å². The van der Waals surface area contributed by atoms with Crippen molar-refractivity contribution in [3.05, 3.63) is 30.1 Å². The molecule has 3 aliphatic rings. The van der Waals surface area contributed by atoms with Gasteiger partial charge in [-0.25, -0.2) is 9.29 Å². The van der Waals surface area contributed by atoms with Crippen LogP contribution in [-0.2, 0) is 14.4 Å². The van der Waals surface area contributed by atoms with Crippen LogP contribution in [0.2, 0.25) is 0 Å². The number of hydrogen-bond donors (Lipinski definition) is 0. The van der Waals surface area contributed by atoms with Crippen molar-refractivity contribution in [1.29, 1.82) is 0 Å². The van der Waals surface area contributed by atoms with E-state index in [1.807, 2.05) is 9.80 Å². The van der Waals surface area contributed by atoms with Gasteiger partial charge in [0.05, 0.1) is 18.2 Å². The number of piperidine rings is 1. The zero-order valence-electron chi connectivity index (χ0n) is 15.3. The molecule has 1 atom stereocenters. The molecule has 7 heteroatoms. The standard InChI is InChI=1S/C20H24FN3O3/c21-15-3-5-16(6-4-15)24-18(25)13-17(20(24)27)22-11-7-14(8-12-22)19(26)23-9-1-2-10-23/h3-6,14,17H,1-2,7-13H2. The summed E-state index contributed by atoms with van der Waals surface area (Å²) in [5, 5.41) is 0. The fourth-order valence-electron chi connectivity index (χ4n) is 4.42. The highest BCUT2D eigenvalue weighted by Crippen LogP contribution is 2.29. The van der Waals surface area contributed by atoms with Crippen LogP contribution >= 0.6 is 0 Å². The predicted molar refractivity (Wildman–Crippen MR) is 97.4 cm³/mol. The number of carbonyl (C=O) groups excluding carboxylic acids is 3. The molecule has 4 rings (SSSR count). The summed E-state index contributed by atoms with van der Waals surface area (Å²) >= 11 is 0. The van der Waals surface area contributed by atoms with Crippen molar-refractivity contribution in [3.8, 4) is 0 Å². The topological polar surface area (TPSA) is 60.9 Å². The lowest BCUT2D eigenvalue weighted by Crippen LogP contribution is -2.48. The van der Waals surface area contributed by atoms with E-state index in [9.17, 15) is 18.8 Å². The van der Waals surface area contributed by atoms with Crippen LogP contribution in [0.25, 0.3) is 0 Å². The number of benzene rings is 1. The quantitative estimate of drug-likeness (QED) is 0.758.